The molecule has 6 heteroatoms. The summed E-state index contributed by atoms with van der Waals surface area (Å²) < 4.78 is 2.10. The number of carboxylic acids is 1. The van der Waals surface area contributed by atoms with Gasteiger partial charge in [-0.25, -0.2) is 4.79 Å². The normalized spacial score (nSPS) is 15.0. The van der Waals surface area contributed by atoms with Crippen LogP contribution in [0.1, 0.15) is 56.8 Å². The van der Waals surface area contributed by atoms with Gasteiger partial charge in [-0.1, -0.05) is 48.0 Å². The molecule has 0 radical (unpaired) electrons. The van der Waals surface area contributed by atoms with Crippen LogP contribution in [-0.4, -0.2) is 40.2 Å². The van der Waals surface area contributed by atoms with E-state index >= 15 is 0 Å². The Bertz CT molecular complexity index is 1160. The van der Waals surface area contributed by atoms with Crippen LogP contribution in [-0.2, 0) is 19.6 Å². The molecule has 2 N–H and O–H groups in total. The van der Waals surface area contributed by atoms with E-state index in [1.807, 2.05) is 38.1 Å². The minimum absolute atomic E-state index is 0.428. The molecule has 35 heavy (non-hydrogen) atoms. The number of hydrogen-bond acceptors (Lipinski definition) is 3. The first-order chi connectivity index (χ1) is 16.8. The topological polar surface area (TPSA) is 57.5 Å². The van der Waals surface area contributed by atoms with Gasteiger partial charge in [0, 0.05) is 41.6 Å². The first-order valence-electron chi connectivity index (χ1n) is 12.5. The van der Waals surface area contributed by atoms with Crippen molar-refractivity contribution in [1.29, 1.82) is 0 Å². The molecule has 0 aliphatic carbocycles. The largest absolute Gasteiger partial charge is 0.478 e. The average molecular weight is 494 g/mol. The predicted molar refractivity (Wildman–Crippen MR) is 142 cm³/mol. The zero-order chi connectivity index (χ0) is 24.9. The van der Waals surface area contributed by atoms with Crippen LogP contribution in [0.15, 0.2) is 48.5 Å². The molecule has 5 nitrogen and oxygen atoms in total. The number of likely N-dealkylation sites (tertiary alicyclic amines) is 1. The van der Waals surface area contributed by atoms with Crippen molar-refractivity contribution in [2.45, 2.75) is 53.2 Å². The lowest BCUT2D eigenvalue weighted by Gasteiger charge is -2.32. The van der Waals surface area contributed by atoms with Gasteiger partial charge in [0.2, 0.25) is 0 Å². The summed E-state index contributed by atoms with van der Waals surface area (Å²) in [5, 5.41) is 14.2. The van der Waals surface area contributed by atoms with Gasteiger partial charge in [0.25, 0.3) is 0 Å². The van der Waals surface area contributed by atoms with Gasteiger partial charge < -0.3 is 15.0 Å². The van der Waals surface area contributed by atoms with Crippen molar-refractivity contribution in [3.8, 4) is 0 Å². The summed E-state index contributed by atoms with van der Waals surface area (Å²) in [6.07, 6.45) is 2.33. The Balaban J connectivity index is 1.34. The molecular weight excluding hydrogens is 458 g/mol. The Hall–Kier alpha value is -2.60. The van der Waals surface area contributed by atoms with Crippen LogP contribution >= 0.6 is 11.6 Å². The minimum Gasteiger partial charge on any atom is -0.478 e. The van der Waals surface area contributed by atoms with Gasteiger partial charge in [0.05, 0.1) is 5.56 Å². The second-order valence-electron chi connectivity index (χ2n) is 9.82. The predicted octanol–water partition coefficient (Wildman–Crippen LogP) is 5.82. The van der Waals surface area contributed by atoms with Crippen molar-refractivity contribution >= 4 is 17.6 Å². The quantitative estimate of drug-likeness (QED) is 0.394. The second-order valence-corrected chi connectivity index (χ2v) is 10.3. The number of halogens is 1. The van der Waals surface area contributed by atoms with Crippen molar-refractivity contribution in [3.63, 3.8) is 0 Å². The van der Waals surface area contributed by atoms with E-state index in [2.05, 4.69) is 46.0 Å². The molecule has 3 aromatic rings. The lowest BCUT2D eigenvalue weighted by atomic mass is 9.96. The number of rotatable bonds is 9. The van der Waals surface area contributed by atoms with Crippen LogP contribution in [0.4, 0.5) is 0 Å². The Morgan fingerprint density at radius 2 is 1.69 bits per heavy atom. The van der Waals surface area contributed by atoms with E-state index < -0.39 is 5.97 Å². The van der Waals surface area contributed by atoms with Crippen LogP contribution in [0.3, 0.4) is 0 Å². The first kappa shape index (κ1) is 25.5. The number of hydrogen-bond donors (Lipinski definition) is 2. The summed E-state index contributed by atoms with van der Waals surface area (Å²) in [7, 11) is 0. The number of carboxylic acid groups (broad SMARTS) is 1. The van der Waals surface area contributed by atoms with Gasteiger partial charge in [-0.15, -0.1) is 0 Å². The monoisotopic (exact) mass is 493 g/mol. The Morgan fingerprint density at radius 1 is 1.00 bits per heavy atom. The van der Waals surface area contributed by atoms with Gasteiger partial charge in [-0.2, -0.15) is 0 Å². The summed E-state index contributed by atoms with van der Waals surface area (Å²) in [6.45, 7) is 11.5. The zero-order valence-corrected chi connectivity index (χ0v) is 21.7. The van der Waals surface area contributed by atoms with Crippen molar-refractivity contribution < 1.29 is 9.90 Å². The molecule has 1 saturated heterocycles. The Morgan fingerprint density at radius 3 is 2.34 bits per heavy atom. The maximum absolute atomic E-state index is 12.1. The minimum atomic E-state index is -0.859. The number of nitrogens with one attached hydrogen (secondary N) is 1. The van der Waals surface area contributed by atoms with Crippen LogP contribution < -0.4 is 5.32 Å². The highest BCUT2D eigenvalue weighted by atomic mass is 35.5. The van der Waals surface area contributed by atoms with E-state index in [-0.39, 0.29) is 0 Å². The number of carbonyl (C=O) groups is 1. The first-order valence-corrected chi connectivity index (χ1v) is 12.8. The van der Waals surface area contributed by atoms with Crippen molar-refractivity contribution in [2.24, 2.45) is 5.92 Å². The Kier molecular flexibility index (Phi) is 8.32. The third kappa shape index (κ3) is 6.16. The molecule has 186 valence electrons. The second kappa shape index (κ2) is 11.4. The van der Waals surface area contributed by atoms with Crippen LogP contribution in [0.25, 0.3) is 0 Å². The van der Waals surface area contributed by atoms with E-state index in [9.17, 15) is 9.90 Å². The third-order valence-corrected chi connectivity index (χ3v) is 7.73. The molecule has 1 fully saturated rings. The molecule has 1 aromatic heterocycles. The van der Waals surface area contributed by atoms with E-state index in [0.29, 0.717) is 29.6 Å². The summed E-state index contributed by atoms with van der Waals surface area (Å²) in [5.74, 6) is -0.240. The maximum Gasteiger partial charge on any atom is 0.337 e. The summed E-state index contributed by atoms with van der Waals surface area (Å²) >= 11 is 6.02. The number of nitrogens with zero attached hydrogens (tertiary/aromatic N) is 2. The molecule has 0 saturated carbocycles. The van der Waals surface area contributed by atoms with Gasteiger partial charge >= 0.3 is 5.97 Å². The van der Waals surface area contributed by atoms with Crippen molar-refractivity contribution in [3.05, 3.63) is 92.8 Å². The maximum atomic E-state index is 12.1. The number of aromatic nitrogens is 1. The molecule has 0 atom stereocenters. The lowest BCUT2D eigenvalue weighted by Crippen LogP contribution is -2.37. The fourth-order valence-corrected chi connectivity index (χ4v) is 5.36. The standard InChI is InChI=1S/C29H36ClN3O2/c1-20-6-4-5-7-25(20)19-32-14-12-23(13-15-32)16-31-17-27-21(2)33(22(3)28(27)29(34)35)18-24-8-10-26(30)11-9-24/h4-11,23,31H,12-19H2,1-3H3,(H,34,35). The van der Waals surface area contributed by atoms with E-state index in [4.69, 9.17) is 11.6 Å². The van der Waals surface area contributed by atoms with Crippen LogP contribution in [0.2, 0.25) is 5.02 Å². The zero-order valence-electron chi connectivity index (χ0n) is 21.0. The summed E-state index contributed by atoms with van der Waals surface area (Å²) in [4.78, 5) is 14.7. The van der Waals surface area contributed by atoms with Gasteiger partial charge in [0.1, 0.15) is 0 Å². The average Bonchev–Trinajstić information content (AvgIpc) is 3.07. The summed E-state index contributed by atoms with van der Waals surface area (Å²) in [5.41, 5.74) is 7.00. The number of piperidine rings is 1. The molecule has 2 heterocycles. The molecule has 2 aromatic carbocycles. The fraction of sp³-hybridized carbons (Fsp3) is 0.414. The molecule has 0 amide bonds. The lowest BCUT2D eigenvalue weighted by molar-refractivity contribution is 0.0694. The molecule has 0 bridgehead atoms. The van der Waals surface area contributed by atoms with Crippen molar-refractivity contribution in [2.75, 3.05) is 19.6 Å². The fourth-order valence-electron chi connectivity index (χ4n) is 5.24. The molecule has 1 aliphatic rings. The van der Waals surface area contributed by atoms with Gasteiger partial charge in [0.15, 0.2) is 0 Å². The van der Waals surface area contributed by atoms with Crippen molar-refractivity contribution in [1.82, 2.24) is 14.8 Å². The van der Waals surface area contributed by atoms with E-state index in [1.165, 1.54) is 24.0 Å². The molecule has 4 rings (SSSR count). The number of aromatic carboxylic acids is 1. The Labute approximate surface area is 213 Å². The van der Waals surface area contributed by atoms with E-state index in [1.54, 1.807) is 0 Å². The summed E-state index contributed by atoms with van der Waals surface area (Å²) in [6, 6.07) is 16.4. The highest BCUT2D eigenvalue weighted by molar-refractivity contribution is 6.30. The third-order valence-electron chi connectivity index (χ3n) is 7.48. The smallest absolute Gasteiger partial charge is 0.337 e. The highest BCUT2D eigenvalue weighted by Gasteiger charge is 2.24. The molecule has 0 unspecified atom stereocenters. The SMILES string of the molecule is Cc1ccccc1CN1CCC(CNCc2c(C(=O)O)c(C)n(Cc3ccc(Cl)cc3)c2C)CC1. The van der Waals surface area contributed by atoms with E-state index in [0.717, 1.165) is 48.7 Å². The molecular formula is C29H36ClN3O2. The number of benzene rings is 2. The highest BCUT2D eigenvalue weighted by Crippen LogP contribution is 2.25. The van der Waals surface area contributed by atoms with Crippen LogP contribution in [0, 0.1) is 26.7 Å². The molecule has 0 spiro atoms. The number of aryl methyl sites for hydroxylation is 1. The molecule has 1 aliphatic heterocycles. The van der Waals surface area contributed by atoms with Crippen LogP contribution in [0.5, 0.6) is 0 Å². The van der Waals surface area contributed by atoms with Gasteiger partial charge in [-0.3, -0.25) is 4.90 Å². The van der Waals surface area contributed by atoms with Gasteiger partial charge in [-0.05, 0) is 88.0 Å².